The van der Waals surface area contributed by atoms with E-state index >= 15 is 0 Å². The number of ether oxygens (including phenoxy) is 3. The number of nitrogens with zero attached hydrogens (tertiary/aromatic N) is 1. The summed E-state index contributed by atoms with van der Waals surface area (Å²) in [5, 5.41) is 5.47. The molecule has 0 unspecified atom stereocenters. The molecule has 0 aromatic heterocycles. The molecule has 0 bridgehead atoms. The highest BCUT2D eigenvalue weighted by Crippen LogP contribution is 2.33. The summed E-state index contributed by atoms with van der Waals surface area (Å²) in [6, 6.07) is 4.74. The molecule has 1 aromatic carbocycles. The van der Waals surface area contributed by atoms with Gasteiger partial charge in [0.1, 0.15) is 0 Å². The van der Waals surface area contributed by atoms with Gasteiger partial charge >= 0.3 is 6.03 Å². The maximum Gasteiger partial charge on any atom is 0.315 e. The second-order valence-electron chi connectivity index (χ2n) is 5.34. The molecule has 1 aliphatic heterocycles. The molecule has 1 aliphatic rings. The van der Waals surface area contributed by atoms with Crippen molar-refractivity contribution in [3.8, 4) is 11.5 Å². The largest absolute Gasteiger partial charge is 0.493 e. The van der Waals surface area contributed by atoms with E-state index < -0.39 is 0 Å². The van der Waals surface area contributed by atoms with Crippen LogP contribution < -0.4 is 25.0 Å². The van der Waals surface area contributed by atoms with Crippen LogP contribution in [0.1, 0.15) is 6.42 Å². The Morgan fingerprint density at radius 3 is 2.67 bits per heavy atom. The summed E-state index contributed by atoms with van der Waals surface area (Å²) in [4.78, 5) is 25.6. The highest BCUT2D eigenvalue weighted by atomic mass is 16.5. The maximum absolute atomic E-state index is 12.2. The molecule has 1 fully saturated rings. The Morgan fingerprint density at radius 2 is 2.00 bits per heavy atom. The van der Waals surface area contributed by atoms with Gasteiger partial charge in [-0.2, -0.15) is 0 Å². The molecular weight excluding hydrogens is 314 g/mol. The fourth-order valence-corrected chi connectivity index (χ4v) is 2.55. The molecule has 1 saturated heterocycles. The summed E-state index contributed by atoms with van der Waals surface area (Å²) in [6.45, 7) is 1.27. The minimum atomic E-state index is -0.306. The van der Waals surface area contributed by atoms with E-state index in [0.717, 1.165) is 0 Å². The molecule has 3 amide bonds. The Balaban J connectivity index is 1.98. The number of carbonyl (C=O) groups is 2. The van der Waals surface area contributed by atoms with Gasteiger partial charge in [-0.3, -0.25) is 4.79 Å². The molecule has 1 heterocycles. The lowest BCUT2D eigenvalue weighted by molar-refractivity contribution is -0.117. The molecule has 2 N–H and O–H groups in total. The lowest BCUT2D eigenvalue weighted by Crippen LogP contribution is -2.44. The van der Waals surface area contributed by atoms with Gasteiger partial charge in [-0.05, 0) is 12.1 Å². The van der Waals surface area contributed by atoms with E-state index in [9.17, 15) is 9.59 Å². The standard InChI is InChI=1S/C16H23N3O5/c1-22-7-6-17-16(21)18-11-8-15(20)19(10-11)12-4-5-13(23-2)14(9-12)24-3/h4-5,9,11H,6-8,10H2,1-3H3,(H2,17,18,21)/t11-/m0/s1. The van der Waals surface area contributed by atoms with E-state index in [-0.39, 0.29) is 24.4 Å². The average Bonchev–Trinajstić information content (AvgIpc) is 2.94. The zero-order valence-electron chi connectivity index (χ0n) is 14.1. The predicted molar refractivity (Wildman–Crippen MR) is 88.7 cm³/mol. The van der Waals surface area contributed by atoms with Crippen LogP contribution in [0.15, 0.2) is 18.2 Å². The van der Waals surface area contributed by atoms with E-state index in [0.29, 0.717) is 36.9 Å². The van der Waals surface area contributed by atoms with Crippen LogP contribution in [-0.4, -0.2) is 59.0 Å². The van der Waals surface area contributed by atoms with Gasteiger partial charge in [0.2, 0.25) is 5.91 Å². The van der Waals surface area contributed by atoms with E-state index in [1.54, 1.807) is 44.4 Å². The molecule has 0 spiro atoms. The van der Waals surface area contributed by atoms with Gasteiger partial charge in [0.15, 0.2) is 11.5 Å². The van der Waals surface area contributed by atoms with Crippen molar-refractivity contribution in [3.63, 3.8) is 0 Å². The third-order valence-corrected chi connectivity index (χ3v) is 3.73. The lowest BCUT2D eigenvalue weighted by atomic mass is 10.2. The van der Waals surface area contributed by atoms with Crippen LogP contribution >= 0.6 is 0 Å². The normalized spacial score (nSPS) is 16.9. The van der Waals surface area contributed by atoms with Gasteiger partial charge in [0, 0.05) is 38.4 Å². The zero-order chi connectivity index (χ0) is 17.5. The molecule has 0 aliphatic carbocycles. The Kier molecular flexibility index (Phi) is 6.25. The maximum atomic E-state index is 12.2. The van der Waals surface area contributed by atoms with Crippen molar-refractivity contribution in [2.75, 3.05) is 45.9 Å². The molecule has 0 radical (unpaired) electrons. The molecule has 1 atom stereocenters. The van der Waals surface area contributed by atoms with E-state index in [4.69, 9.17) is 14.2 Å². The van der Waals surface area contributed by atoms with Crippen molar-refractivity contribution in [1.29, 1.82) is 0 Å². The van der Waals surface area contributed by atoms with Crippen LogP contribution in [0.25, 0.3) is 0 Å². The summed E-state index contributed by atoms with van der Waals surface area (Å²) in [5.41, 5.74) is 0.710. The summed E-state index contributed by atoms with van der Waals surface area (Å²) >= 11 is 0. The van der Waals surface area contributed by atoms with E-state index in [2.05, 4.69) is 10.6 Å². The fraction of sp³-hybridized carbons (Fsp3) is 0.500. The van der Waals surface area contributed by atoms with Crippen molar-refractivity contribution in [3.05, 3.63) is 18.2 Å². The molecule has 132 valence electrons. The Labute approximate surface area is 141 Å². The van der Waals surface area contributed by atoms with Crippen molar-refractivity contribution < 1.29 is 23.8 Å². The second kappa shape index (κ2) is 8.39. The fourth-order valence-electron chi connectivity index (χ4n) is 2.55. The number of methoxy groups -OCH3 is 3. The Hall–Kier alpha value is -2.48. The SMILES string of the molecule is COCCNC(=O)N[C@H]1CC(=O)N(c2ccc(OC)c(OC)c2)C1. The summed E-state index contributed by atoms with van der Waals surface area (Å²) in [5.74, 6) is 1.10. The lowest BCUT2D eigenvalue weighted by Gasteiger charge is -2.19. The quantitative estimate of drug-likeness (QED) is 0.717. The number of hydrogen-bond acceptors (Lipinski definition) is 5. The molecule has 8 heteroatoms. The van der Waals surface area contributed by atoms with Crippen molar-refractivity contribution in [2.24, 2.45) is 0 Å². The van der Waals surface area contributed by atoms with Crippen LogP contribution in [0.3, 0.4) is 0 Å². The number of anilines is 1. The smallest absolute Gasteiger partial charge is 0.315 e. The van der Waals surface area contributed by atoms with Gasteiger partial charge in [-0.15, -0.1) is 0 Å². The number of benzene rings is 1. The first kappa shape index (κ1) is 17.9. The number of rotatable bonds is 7. The highest BCUT2D eigenvalue weighted by Gasteiger charge is 2.32. The summed E-state index contributed by atoms with van der Waals surface area (Å²) < 4.78 is 15.3. The van der Waals surface area contributed by atoms with Crippen LogP contribution in [0, 0.1) is 0 Å². The first-order chi connectivity index (χ1) is 11.6. The number of carbonyl (C=O) groups excluding carboxylic acids is 2. The van der Waals surface area contributed by atoms with Crippen molar-refractivity contribution in [2.45, 2.75) is 12.5 Å². The van der Waals surface area contributed by atoms with Crippen molar-refractivity contribution in [1.82, 2.24) is 10.6 Å². The number of amides is 3. The molecule has 24 heavy (non-hydrogen) atoms. The number of hydrogen-bond donors (Lipinski definition) is 2. The van der Waals surface area contributed by atoms with E-state index in [1.807, 2.05) is 0 Å². The molecule has 1 aromatic rings. The van der Waals surface area contributed by atoms with Gasteiger partial charge < -0.3 is 29.7 Å². The van der Waals surface area contributed by atoms with Crippen LogP contribution in [0.4, 0.5) is 10.5 Å². The van der Waals surface area contributed by atoms with Crippen LogP contribution in [0.5, 0.6) is 11.5 Å². The van der Waals surface area contributed by atoms with Crippen LogP contribution in [-0.2, 0) is 9.53 Å². The minimum absolute atomic E-state index is 0.0515. The Bertz CT molecular complexity index is 593. The van der Waals surface area contributed by atoms with Gasteiger partial charge in [-0.25, -0.2) is 4.79 Å². The molecular formula is C16H23N3O5. The van der Waals surface area contributed by atoms with E-state index in [1.165, 1.54) is 0 Å². The molecule has 2 rings (SSSR count). The second-order valence-corrected chi connectivity index (χ2v) is 5.34. The first-order valence-electron chi connectivity index (χ1n) is 7.64. The number of nitrogens with one attached hydrogen (secondary N) is 2. The van der Waals surface area contributed by atoms with Crippen molar-refractivity contribution >= 4 is 17.6 Å². The van der Waals surface area contributed by atoms with Gasteiger partial charge in [-0.1, -0.05) is 0 Å². The molecule has 0 saturated carbocycles. The minimum Gasteiger partial charge on any atom is -0.493 e. The van der Waals surface area contributed by atoms with Gasteiger partial charge in [0.25, 0.3) is 0 Å². The zero-order valence-corrected chi connectivity index (χ0v) is 14.1. The average molecular weight is 337 g/mol. The first-order valence-corrected chi connectivity index (χ1v) is 7.64. The third-order valence-electron chi connectivity index (χ3n) is 3.73. The molecule has 8 nitrogen and oxygen atoms in total. The number of urea groups is 1. The monoisotopic (exact) mass is 337 g/mol. The summed E-state index contributed by atoms with van der Waals surface area (Å²) in [6.07, 6.45) is 0.256. The Morgan fingerprint density at radius 1 is 1.25 bits per heavy atom. The summed E-state index contributed by atoms with van der Waals surface area (Å²) in [7, 11) is 4.67. The van der Waals surface area contributed by atoms with Crippen LogP contribution in [0.2, 0.25) is 0 Å². The third kappa shape index (κ3) is 4.29. The topological polar surface area (TPSA) is 89.1 Å². The van der Waals surface area contributed by atoms with Gasteiger partial charge in [0.05, 0.1) is 26.9 Å². The predicted octanol–water partition coefficient (Wildman–Crippen LogP) is 0.755. The highest BCUT2D eigenvalue weighted by molar-refractivity contribution is 5.97.